The lowest BCUT2D eigenvalue weighted by atomic mass is 10.2. The van der Waals surface area contributed by atoms with Gasteiger partial charge in [-0.25, -0.2) is 0 Å². The van der Waals surface area contributed by atoms with E-state index in [2.05, 4.69) is 83.9 Å². The average Bonchev–Trinajstić information content (AvgIpc) is 2.72. The van der Waals surface area contributed by atoms with Crippen LogP contribution in [0, 0.1) is 13.8 Å². The first-order valence-corrected chi connectivity index (χ1v) is 9.81. The normalized spacial score (nSPS) is 12.7. The Balaban J connectivity index is 2.22. The van der Waals surface area contributed by atoms with Crippen LogP contribution in [0.2, 0.25) is 0 Å². The molecule has 4 heteroatoms. The van der Waals surface area contributed by atoms with Crippen LogP contribution in [-0.4, -0.2) is 20.1 Å². The maximum absolute atomic E-state index is 6.49. The van der Waals surface area contributed by atoms with Gasteiger partial charge in [-0.3, -0.25) is 4.68 Å². The van der Waals surface area contributed by atoms with Crippen LogP contribution in [0.4, 0.5) is 0 Å². The molecule has 24 heavy (non-hydrogen) atoms. The number of hydrogen-bond donors (Lipinski definition) is 0. The van der Waals surface area contributed by atoms with Crippen molar-refractivity contribution >= 4 is 8.15 Å². The van der Waals surface area contributed by atoms with Crippen molar-refractivity contribution in [2.75, 3.05) is 0 Å². The molecule has 0 saturated carbocycles. The summed E-state index contributed by atoms with van der Waals surface area (Å²) in [6, 6.07) is 10.6. The zero-order valence-electron chi connectivity index (χ0n) is 16.3. The number of hydrogen-bond acceptors (Lipinski definition) is 2. The van der Waals surface area contributed by atoms with E-state index in [4.69, 9.17) is 4.52 Å². The van der Waals surface area contributed by atoms with Crippen molar-refractivity contribution in [1.82, 2.24) is 9.78 Å². The minimum atomic E-state index is -0.615. The molecule has 0 unspecified atom stereocenters. The fraction of sp³-hybridized carbons (Fsp3) is 0.550. The number of rotatable bonds is 4. The van der Waals surface area contributed by atoms with Gasteiger partial charge in [0.05, 0.1) is 20.4 Å². The summed E-state index contributed by atoms with van der Waals surface area (Å²) in [5.41, 5.74) is 3.46. The fourth-order valence-electron chi connectivity index (χ4n) is 3.09. The zero-order chi connectivity index (χ0) is 18.1. The van der Waals surface area contributed by atoms with E-state index in [9.17, 15) is 0 Å². The Labute approximate surface area is 148 Å². The molecule has 0 spiro atoms. The lowest BCUT2D eigenvalue weighted by Crippen LogP contribution is -2.27. The van der Waals surface area contributed by atoms with Crippen LogP contribution in [0.15, 0.2) is 30.3 Å². The Morgan fingerprint density at radius 3 is 2.12 bits per heavy atom. The third kappa shape index (κ3) is 4.83. The van der Waals surface area contributed by atoms with Gasteiger partial charge in [-0.1, -0.05) is 53.7 Å². The lowest BCUT2D eigenvalue weighted by Gasteiger charge is -2.39. The van der Waals surface area contributed by atoms with Crippen molar-refractivity contribution in [3.63, 3.8) is 0 Å². The Morgan fingerprint density at radius 2 is 1.62 bits per heavy atom. The van der Waals surface area contributed by atoms with Gasteiger partial charge in [-0.05, 0) is 37.6 Å². The summed E-state index contributed by atoms with van der Waals surface area (Å²) in [6.07, 6.45) is 0. The van der Waals surface area contributed by atoms with Gasteiger partial charge in [0.25, 0.3) is 0 Å². The van der Waals surface area contributed by atoms with Crippen molar-refractivity contribution in [2.45, 2.75) is 72.2 Å². The molecular weight excluding hydrogens is 315 g/mol. The molecule has 2 aromatic rings. The summed E-state index contributed by atoms with van der Waals surface area (Å²) in [5, 5.41) is 4.83. The van der Waals surface area contributed by atoms with Crippen LogP contribution in [-0.2, 0) is 6.54 Å². The van der Waals surface area contributed by atoms with E-state index in [1.54, 1.807) is 0 Å². The smallest absolute Gasteiger partial charge is 0.123 e. The predicted octanol–water partition coefficient (Wildman–Crippen LogP) is 5.92. The number of nitrogens with zero attached hydrogens (tertiary/aromatic N) is 2. The third-order valence-electron chi connectivity index (χ3n) is 3.75. The van der Waals surface area contributed by atoms with Crippen molar-refractivity contribution in [1.29, 1.82) is 0 Å². The van der Waals surface area contributed by atoms with Crippen LogP contribution in [0.3, 0.4) is 0 Å². The molecule has 3 nitrogen and oxygen atoms in total. The molecular formula is C20H31N2OP. The monoisotopic (exact) mass is 346 g/mol. The minimum Gasteiger partial charge on any atom is -0.473 e. The molecule has 0 saturated heterocycles. The van der Waals surface area contributed by atoms with E-state index in [1.165, 1.54) is 11.3 Å². The molecule has 0 amide bonds. The highest BCUT2D eigenvalue weighted by Crippen LogP contribution is 2.59. The Hall–Kier alpha value is -1.34. The van der Waals surface area contributed by atoms with Crippen LogP contribution in [0.1, 0.15) is 58.5 Å². The summed E-state index contributed by atoms with van der Waals surface area (Å²) in [4.78, 5) is 0. The lowest BCUT2D eigenvalue weighted by molar-refractivity contribution is 0.532. The van der Waals surface area contributed by atoms with Gasteiger partial charge < -0.3 is 4.52 Å². The number of aromatic nitrogens is 2. The summed E-state index contributed by atoms with van der Waals surface area (Å²) >= 11 is 0. The highest BCUT2D eigenvalue weighted by molar-refractivity contribution is 7.56. The van der Waals surface area contributed by atoms with Crippen LogP contribution in [0.25, 0.3) is 0 Å². The van der Waals surface area contributed by atoms with E-state index in [1.807, 2.05) is 11.6 Å². The molecule has 0 bridgehead atoms. The first-order chi connectivity index (χ1) is 11.0. The Morgan fingerprint density at radius 1 is 1.00 bits per heavy atom. The molecule has 1 aromatic carbocycles. The summed E-state index contributed by atoms with van der Waals surface area (Å²) < 4.78 is 8.54. The predicted molar refractivity (Wildman–Crippen MR) is 104 cm³/mol. The second-order valence-corrected chi connectivity index (χ2v) is 11.9. The average molecular weight is 346 g/mol. The molecule has 0 aliphatic rings. The Bertz CT molecular complexity index is 678. The van der Waals surface area contributed by atoms with Gasteiger partial charge in [-0.15, -0.1) is 0 Å². The van der Waals surface area contributed by atoms with Crippen LogP contribution >= 0.6 is 8.15 Å². The molecule has 0 aliphatic heterocycles. The van der Waals surface area contributed by atoms with Crippen molar-refractivity contribution in [2.24, 2.45) is 0 Å². The first kappa shape index (κ1) is 19.0. The van der Waals surface area contributed by atoms with E-state index < -0.39 is 8.15 Å². The largest absolute Gasteiger partial charge is 0.473 e. The minimum absolute atomic E-state index is 0.138. The van der Waals surface area contributed by atoms with Gasteiger partial charge in [0.2, 0.25) is 0 Å². The molecule has 0 fully saturated rings. The number of aryl methyl sites for hydroxylation is 2. The summed E-state index contributed by atoms with van der Waals surface area (Å²) in [7, 11) is -0.615. The van der Waals surface area contributed by atoms with Crippen molar-refractivity contribution in [3.8, 4) is 5.75 Å². The Kier molecular flexibility index (Phi) is 5.44. The topological polar surface area (TPSA) is 27.1 Å². The molecule has 2 rings (SSSR count). The molecule has 1 heterocycles. The van der Waals surface area contributed by atoms with Crippen molar-refractivity contribution in [3.05, 3.63) is 47.3 Å². The van der Waals surface area contributed by atoms with Gasteiger partial charge in [0.1, 0.15) is 5.75 Å². The highest BCUT2D eigenvalue weighted by Gasteiger charge is 2.37. The second kappa shape index (κ2) is 6.88. The van der Waals surface area contributed by atoms with Gasteiger partial charge in [-0.2, -0.15) is 5.10 Å². The molecule has 1 aromatic heterocycles. The zero-order valence-corrected chi connectivity index (χ0v) is 17.2. The summed E-state index contributed by atoms with van der Waals surface area (Å²) in [5.74, 6) is 0.963. The van der Waals surface area contributed by atoms with Crippen LogP contribution in [0.5, 0.6) is 5.75 Å². The molecule has 0 N–H and O–H groups in total. The number of benzene rings is 1. The third-order valence-corrected chi connectivity index (χ3v) is 6.58. The standard InChI is InChI=1S/C20H31N2OP/c1-15-12-16(2)22(21-15)14-17-10-9-11-18(13-17)23-24(19(3,4)5)20(6,7)8/h9-13H,14H2,1-8H3. The maximum Gasteiger partial charge on any atom is 0.123 e. The maximum atomic E-state index is 6.49. The van der Waals surface area contributed by atoms with Gasteiger partial charge in [0, 0.05) is 16.0 Å². The molecule has 0 aliphatic carbocycles. The van der Waals surface area contributed by atoms with Crippen molar-refractivity contribution < 1.29 is 4.52 Å². The highest BCUT2D eigenvalue weighted by atomic mass is 31.1. The van der Waals surface area contributed by atoms with E-state index in [0.29, 0.717) is 0 Å². The molecule has 0 radical (unpaired) electrons. The second-order valence-electron chi connectivity index (χ2n) is 8.46. The van der Waals surface area contributed by atoms with E-state index in [-0.39, 0.29) is 10.3 Å². The first-order valence-electron chi connectivity index (χ1n) is 8.55. The van der Waals surface area contributed by atoms with Crippen LogP contribution < -0.4 is 4.52 Å². The van der Waals surface area contributed by atoms with E-state index >= 15 is 0 Å². The van der Waals surface area contributed by atoms with E-state index in [0.717, 1.165) is 18.0 Å². The molecule has 0 atom stereocenters. The quantitative estimate of drug-likeness (QED) is 0.642. The van der Waals surface area contributed by atoms with Gasteiger partial charge in [0.15, 0.2) is 0 Å². The SMILES string of the molecule is Cc1cc(C)n(Cc2cccc(OP(C(C)(C)C)C(C)(C)C)c2)n1. The van der Waals surface area contributed by atoms with Gasteiger partial charge >= 0.3 is 0 Å². The fourth-order valence-corrected chi connectivity index (χ4v) is 5.98. The molecule has 132 valence electrons. The summed E-state index contributed by atoms with van der Waals surface area (Å²) in [6.45, 7) is 18.5.